The third-order valence-electron chi connectivity index (χ3n) is 4.10. The molecule has 2 heterocycles. The third kappa shape index (κ3) is 4.27. The van der Waals surface area contributed by atoms with Crippen LogP contribution in [0, 0.1) is 13.8 Å². The minimum absolute atomic E-state index is 0.0632. The number of urea groups is 1. The molecule has 1 atom stereocenters. The number of hydrogen-bond acceptors (Lipinski definition) is 6. The smallest absolute Gasteiger partial charge is 0.321 e. The number of nitrogens with zero attached hydrogens (tertiary/aromatic N) is 2. The lowest BCUT2D eigenvalue weighted by Crippen LogP contribution is -2.41. The Labute approximate surface area is 160 Å². The van der Waals surface area contributed by atoms with Crippen molar-refractivity contribution in [1.29, 1.82) is 0 Å². The fourth-order valence-electron chi connectivity index (χ4n) is 2.40. The molecule has 2 N–H and O–H groups in total. The van der Waals surface area contributed by atoms with Gasteiger partial charge in [0.25, 0.3) is 5.56 Å². The minimum Gasteiger partial charge on any atom is -0.341 e. The number of nitrogens with one attached hydrogen (secondary N) is 2. The molecule has 3 amide bonds. The van der Waals surface area contributed by atoms with Gasteiger partial charge in [-0.1, -0.05) is 25.1 Å². The van der Waals surface area contributed by atoms with Crippen molar-refractivity contribution in [2.24, 2.45) is 0 Å². The molecular formula is C17H24N4O3S2. The van der Waals surface area contributed by atoms with E-state index in [1.165, 1.54) is 30.1 Å². The van der Waals surface area contributed by atoms with Crippen LogP contribution >= 0.6 is 23.1 Å². The number of carbonyl (C=O) groups is 2. The molecule has 0 saturated carbocycles. The van der Waals surface area contributed by atoms with E-state index in [1.54, 1.807) is 11.5 Å². The Balaban J connectivity index is 2.42. The number of unbranched alkanes of at least 4 members (excludes halogenated alkanes) is 1. The van der Waals surface area contributed by atoms with E-state index in [2.05, 4.69) is 22.5 Å². The summed E-state index contributed by atoms with van der Waals surface area (Å²) in [6, 6.07) is -0.557. The summed E-state index contributed by atoms with van der Waals surface area (Å²) in [5, 5.41) is 5.21. The summed E-state index contributed by atoms with van der Waals surface area (Å²) < 4.78 is 1.65. The maximum absolute atomic E-state index is 13.0. The average molecular weight is 397 g/mol. The largest absolute Gasteiger partial charge is 0.341 e. The van der Waals surface area contributed by atoms with Crippen molar-refractivity contribution < 1.29 is 9.59 Å². The molecule has 7 nitrogen and oxygen atoms in total. The SMILES string of the molecule is CCCCn1c(S[C@H](C)C(=O)NC(=O)NC)nc2sc(C)c(C)c2c1=O. The van der Waals surface area contributed by atoms with Crippen LogP contribution in [0.4, 0.5) is 4.79 Å². The van der Waals surface area contributed by atoms with Crippen LogP contribution in [-0.4, -0.2) is 33.8 Å². The van der Waals surface area contributed by atoms with Gasteiger partial charge in [0, 0.05) is 18.5 Å². The fourth-order valence-corrected chi connectivity index (χ4v) is 4.40. The van der Waals surface area contributed by atoms with Gasteiger partial charge in [-0.3, -0.25) is 19.5 Å². The predicted octanol–water partition coefficient (Wildman–Crippen LogP) is 2.81. The zero-order valence-electron chi connectivity index (χ0n) is 15.6. The Bertz CT molecular complexity index is 888. The molecule has 0 radical (unpaired) electrons. The second-order valence-electron chi connectivity index (χ2n) is 6.00. The normalized spacial score (nSPS) is 12.2. The maximum atomic E-state index is 13.0. The Morgan fingerprint density at radius 1 is 1.35 bits per heavy atom. The lowest BCUT2D eigenvalue weighted by atomic mass is 10.2. The standard InChI is InChI=1S/C17H24N4O3S2/c1-6-7-8-21-15(23)12-9(2)10(3)25-14(12)20-17(21)26-11(4)13(22)19-16(24)18-5/h11H,6-8H2,1-5H3,(H2,18,19,22,24)/t11-/m1/s1. The number of thiophene rings is 1. The van der Waals surface area contributed by atoms with Gasteiger partial charge in [-0.15, -0.1) is 11.3 Å². The summed E-state index contributed by atoms with van der Waals surface area (Å²) in [5.74, 6) is -0.427. The van der Waals surface area contributed by atoms with Crippen LogP contribution in [0.3, 0.4) is 0 Å². The Morgan fingerprint density at radius 3 is 2.65 bits per heavy atom. The predicted molar refractivity (Wildman–Crippen MR) is 106 cm³/mol. The lowest BCUT2D eigenvalue weighted by Gasteiger charge is -2.15. The van der Waals surface area contributed by atoms with Crippen LogP contribution < -0.4 is 16.2 Å². The molecule has 2 rings (SSSR count). The molecule has 0 unspecified atom stereocenters. The molecule has 2 aromatic rings. The fraction of sp³-hybridized carbons (Fsp3) is 0.529. The molecule has 2 aromatic heterocycles. The second kappa shape index (κ2) is 8.68. The van der Waals surface area contributed by atoms with Crippen molar-refractivity contribution in [3.63, 3.8) is 0 Å². The van der Waals surface area contributed by atoms with Gasteiger partial charge in [0.15, 0.2) is 5.16 Å². The summed E-state index contributed by atoms with van der Waals surface area (Å²) >= 11 is 2.68. The van der Waals surface area contributed by atoms with Crippen molar-refractivity contribution in [2.75, 3.05) is 7.05 Å². The summed E-state index contributed by atoms with van der Waals surface area (Å²) in [7, 11) is 1.44. The molecule has 0 bridgehead atoms. The van der Waals surface area contributed by atoms with Gasteiger partial charge in [0.1, 0.15) is 4.83 Å². The highest BCUT2D eigenvalue weighted by atomic mass is 32.2. The van der Waals surface area contributed by atoms with Crippen LogP contribution in [0.25, 0.3) is 10.2 Å². The van der Waals surface area contributed by atoms with E-state index >= 15 is 0 Å². The highest BCUT2D eigenvalue weighted by molar-refractivity contribution is 8.00. The highest BCUT2D eigenvalue weighted by Crippen LogP contribution is 2.29. The van der Waals surface area contributed by atoms with Crippen LogP contribution in [0.15, 0.2) is 9.95 Å². The van der Waals surface area contributed by atoms with E-state index in [0.717, 1.165) is 23.3 Å². The molecule has 0 aliphatic rings. The number of imide groups is 1. The monoisotopic (exact) mass is 396 g/mol. The molecule has 0 saturated heterocycles. The first-order valence-corrected chi connectivity index (χ1v) is 10.2. The lowest BCUT2D eigenvalue weighted by molar-refractivity contribution is -0.119. The third-order valence-corrected chi connectivity index (χ3v) is 6.30. The van der Waals surface area contributed by atoms with Gasteiger partial charge in [0.05, 0.1) is 10.6 Å². The number of amides is 3. The molecule has 0 aromatic carbocycles. The van der Waals surface area contributed by atoms with Crippen molar-refractivity contribution in [3.8, 4) is 0 Å². The van der Waals surface area contributed by atoms with Crippen molar-refractivity contribution in [3.05, 3.63) is 20.8 Å². The summed E-state index contributed by atoms with van der Waals surface area (Å²) in [5.41, 5.74) is 0.904. The molecule has 0 fully saturated rings. The molecule has 0 aliphatic heterocycles. The Hall–Kier alpha value is -1.87. The number of carbonyl (C=O) groups excluding carboxylic acids is 2. The molecule has 9 heteroatoms. The first kappa shape index (κ1) is 20.4. The van der Waals surface area contributed by atoms with E-state index in [4.69, 9.17) is 0 Å². The summed E-state index contributed by atoms with van der Waals surface area (Å²) in [4.78, 5) is 42.9. The van der Waals surface area contributed by atoms with Crippen molar-refractivity contribution in [2.45, 2.75) is 57.5 Å². The van der Waals surface area contributed by atoms with E-state index in [9.17, 15) is 14.4 Å². The zero-order valence-corrected chi connectivity index (χ0v) is 17.3. The van der Waals surface area contributed by atoms with E-state index in [0.29, 0.717) is 21.9 Å². The number of hydrogen-bond donors (Lipinski definition) is 2. The molecular weight excluding hydrogens is 372 g/mol. The van der Waals surface area contributed by atoms with Gasteiger partial charge in [0.2, 0.25) is 5.91 Å². The minimum atomic E-state index is -0.563. The van der Waals surface area contributed by atoms with Crippen LogP contribution in [0.5, 0.6) is 0 Å². The number of fused-ring (bicyclic) bond motifs is 1. The zero-order chi connectivity index (χ0) is 19.4. The molecule has 0 aliphatic carbocycles. The maximum Gasteiger partial charge on any atom is 0.321 e. The van der Waals surface area contributed by atoms with Gasteiger partial charge in [-0.05, 0) is 32.8 Å². The average Bonchev–Trinajstić information content (AvgIpc) is 2.88. The Kier molecular flexibility index (Phi) is 6.82. The van der Waals surface area contributed by atoms with E-state index in [-0.39, 0.29) is 5.56 Å². The summed E-state index contributed by atoms with van der Waals surface area (Å²) in [6.07, 6.45) is 1.80. The van der Waals surface area contributed by atoms with Crippen molar-refractivity contribution in [1.82, 2.24) is 20.2 Å². The first-order valence-electron chi connectivity index (χ1n) is 8.49. The molecule has 142 valence electrons. The second-order valence-corrected chi connectivity index (χ2v) is 8.51. The van der Waals surface area contributed by atoms with Crippen LogP contribution in [0.1, 0.15) is 37.1 Å². The number of thioether (sulfide) groups is 1. The van der Waals surface area contributed by atoms with Gasteiger partial charge < -0.3 is 5.32 Å². The van der Waals surface area contributed by atoms with Crippen LogP contribution in [0.2, 0.25) is 0 Å². The summed E-state index contributed by atoms with van der Waals surface area (Å²) in [6.45, 7) is 8.22. The van der Waals surface area contributed by atoms with Crippen LogP contribution in [-0.2, 0) is 11.3 Å². The Morgan fingerprint density at radius 2 is 2.04 bits per heavy atom. The van der Waals surface area contributed by atoms with Gasteiger partial charge in [-0.25, -0.2) is 9.78 Å². The highest BCUT2D eigenvalue weighted by Gasteiger charge is 2.22. The number of aromatic nitrogens is 2. The van der Waals surface area contributed by atoms with E-state index in [1.807, 2.05) is 13.8 Å². The number of rotatable bonds is 6. The molecule has 0 spiro atoms. The van der Waals surface area contributed by atoms with Gasteiger partial charge in [-0.2, -0.15) is 0 Å². The topological polar surface area (TPSA) is 93.1 Å². The number of aryl methyl sites for hydroxylation is 2. The first-order chi connectivity index (χ1) is 12.3. The van der Waals surface area contributed by atoms with Crippen molar-refractivity contribution >= 4 is 45.3 Å². The van der Waals surface area contributed by atoms with E-state index < -0.39 is 17.2 Å². The van der Waals surface area contributed by atoms with Gasteiger partial charge >= 0.3 is 6.03 Å². The quantitative estimate of drug-likeness (QED) is 0.578. The molecule has 26 heavy (non-hydrogen) atoms.